The Hall–Kier alpha value is -0.850. The molecule has 0 aliphatic heterocycles. The molecular weight excluding hydrogens is 380 g/mol. The lowest BCUT2D eigenvalue weighted by Crippen LogP contribution is -2.42. The molecule has 1 aromatic rings. The summed E-state index contributed by atoms with van der Waals surface area (Å²) in [4.78, 5) is 4.28. The maximum atomic E-state index is 13.0. The first-order chi connectivity index (χ1) is 9.63. The van der Waals surface area contributed by atoms with Crippen LogP contribution in [0.5, 0.6) is 0 Å². The monoisotopic (exact) mass is 403 g/mol. The molecule has 2 saturated carbocycles. The molecule has 0 heterocycles. The number of benzene rings is 1. The second-order valence-corrected chi connectivity index (χ2v) is 6.18. The van der Waals surface area contributed by atoms with Gasteiger partial charge in [-0.15, -0.1) is 24.0 Å². The van der Waals surface area contributed by atoms with E-state index in [-0.39, 0.29) is 35.2 Å². The molecule has 0 amide bonds. The van der Waals surface area contributed by atoms with Crippen LogP contribution in [0.4, 0.5) is 4.39 Å². The minimum absolute atomic E-state index is 0. The lowest BCUT2D eigenvalue weighted by Gasteiger charge is -2.19. The third-order valence-electron chi connectivity index (χ3n) is 4.56. The predicted octanol–water partition coefficient (Wildman–Crippen LogP) is 3.05. The summed E-state index contributed by atoms with van der Waals surface area (Å²) in [5.74, 6) is 1.46. The highest BCUT2D eigenvalue weighted by Crippen LogP contribution is 2.47. The van der Waals surface area contributed by atoms with Crippen molar-refractivity contribution in [3.63, 3.8) is 0 Å². The summed E-state index contributed by atoms with van der Waals surface area (Å²) in [6, 6.07) is 7.48. The fourth-order valence-electron chi connectivity index (χ4n) is 2.67. The number of rotatable bonds is 4. The fraction of sp³-hybridized carbons (Fsp3) is 0.562. The number of nitrogens with zero attached hydrogens (tertiary/aromatic N) is 1. The van der Waals surface area contributed by atoms with Gasteiger partial charge in [0.25, 0.3) is 0 Å². The Morgan fingerprint density at radius 2 is 1.95 bits per heavy atom. The summed E-state index contributed by atoms with van der Waals surface area (Å²) in [6.45, 7) is 3.10. The zero-order valence-corrected chi connectivity index (χ0v) is 14.9. The lowest BCUT2D eigenvalue weighted by atomic mass is 9.96. The van der Waals surface area contributed by atoms with Crippen LogP contribution >= 0.6 is 24.0 Å². The van der Waals surface area contributed by atoms with Crippen molar-refractivity contribution in [2.45, 2.75) is 37.6 Å². The van der Waals surface area contributed by atoms with Gasteiger partial charge in [-0.2, -0.15) is 0 Å². The highest BCUT2D eigenvalue weighted by molar-refractivity contribution is 14.0. The number of aliphatic imine (C=N–C) groups is 1. The molecule has 2 N–H and O–H groups in total. The van der Waals surface area contributed by atoms with E-state index in [0.717, 1.165) is 31.3 Å². The molecule has 2 atom stereocenters. The van der Waals surface area contributed by atoms with E-state index >= 15 is 0 Å². The average Bonchev–Trinajstić information content (AvgIpc) is 3.35. The van der Waals surface area contributed by atoms with Gasteiger partial charge in [0.15, 0.2) is 5.96 Å². The van der Waals surface area contributed by atoms with Crippen molar-refractivity contribution >= 4 is 29.9 Å². The second-order valence-electron chi connectivity index (χ2n) is 6.18. The standard InChI is InChI=1S/C16H22FN3.HI/c1-11-9-14(11)20-15(18-2)19-10-16(7-8-16)12-3-5-13(17)6-4-12;/h3-6,11,14H,7-10H2,1-2H3,(H2,18,19,20);1H. The highest BCUT2D eigenvalue weighted by atomic mass is 127. The SMILES string of the molecule is CN=C(NCC1(c2ccc(F)cc2)CC1)NC1CC1C.I. The first-order valence-corrected chi connectivity index (χ1v) is 7.36. The van der Waals surface area contributed by atoms with E-state index in [1.807, 2.05) is 12.1 Å². The van der Waals surface area contributed by atoms with Crippen LogP contribution in [-0.2, 0) is 5.41 Å². The number of guanidine groups is 1. The summed E-state index contributed by atoms with van der Waals surface area (Å²) < 4.78 is 13.0. The molecule has 0 saturated heterocycles. The molecule has 21 heavy (non-hydrogen) atoms. The van der Waals surface area contributed by atoms with Gasteiger partial charge in [-0.05, 0) is 42.9 Å². The molecular formula is C16H23FIN3. The van der Waals surface area contributed by atoms with Crippen molar-refractivity contribution in [2.75, 3.05) is 13.6 Å². The lowest BCUT2D eigenvalue weighted by molar-refractivity contribution is 0.617. The molecule has 2 unspecified atom stereocenters. The Balaban J connectivity index is 0.00000161. The first kappa shape index (κ1) is 16.5. The molecule has 0 bridgehead atoms. The molecule has 1 aromatic carbocycles. The van der Waals surface area contributed by atoms with Crippen molar-refractivity contribution < 1.29 is 4.39 Å². The maximum absolute atomic E-state index is 13.0. The van der Waals surface area contributed by atoms with E-state index in [4.69, 9.17) is 0 Å². The van der Waals surface area contributed by atoms with Crippen molar-refractivity contribution in [1.29, 1.82) is 0 Å². The summed E-state index contributed by atoms with van der Waals surface area (Å²) >= 11 is 0. The Kier molecular flexibility index (Phi) is 5.11. The van der Waals surface area contributed by atoms with Crippen LogP contribution in [0.2, 0.25) is 0 Å². The maximum Gasteiger partial charge on any atom is 0.191 e. The zero-order chi connectivity index (χ0) is 14.2. The smallest absolute Gasteiger partial charge is 0.191 e. The highest BCUT2D eigenvalue weighted by Gasteiger charge is 2.44. The van der Waals surface area contributed by atoms with Crippen LogP contribution in [0.1, 0.15) is 31.7 Å². The number of nitrogens with one attached hydrogen (secondary N) is 2. The van der Waals surface area contributed by atoms with Crippen molar-refractivity contribution in [1.82, 2.24) is 10.6 Å². The number of hydrogen-bond acceptors (Lipinski definition) is 1. The largest absolute Gasteiger partial charge is 0.356 e. The summed E-state index contributed by atoms with van der Waals surface area (Å²) in [5.41, 5.74) is 1.39. The molecule has 3 nitrogen and oxygen atoms in total. The molecule has 0 aromatic heterocycles. The molecule has 0 spiro atoms. The van der Waals surface area contributed by atoms with Gasteiger partial charge in [-0.3, -0.25) is 4.99 Å². The van der Waals surface area contributed by atoms with Gasteiger partial charge in [-0.25, -0.2) is 4.39 Å². The van der Waals surface area contributed by atoms with Crippen LogP contribution in [0.3, 0.4) is 0 Å². The minimum Gasteiger partial charge on any atom is -0.356 e. The van der Waals surface area contributed by atoms with E-state index in [2.05, 4.69) is 22.5 Å². The van der Waals surface area contributed by atoms with E-state index in [0.29, 0.717) is 6.04 Å². The van der Waals surface area contributed by atoms with Crippen LogP contribution < -0.4 is 10.6 Å². The van der Waals surface area contributed by atoms with E-state index in [1.54, 1.807) is 19.2 Å². The Bertz CT molecular complexity index is 511. The van der Waals surface area contributed by atoms with Crippen molar-refractivity contribution in [2.24, 2.45) is 10.9 Å². The predicted molar refractivity (Wildman–Crippen MR) is 94.8 cm³/mol. The normalized spacial score (nSPS) is 25.8. The van der Waals surface area contributed by atoms with E-state index in [9.17, 15) is 4.39 Å². The summed E-state index contributed by atoms with van der Waals surface area (Å²) in [5, 5.41) is 6.85. The topological polar surface area (TPSA) is 36.4 Å². The number of hydrogen-bond donors (Lipinski definition) is 2. The van der Waals surface area contributed by atoms with E-state index < -0.39 is 0 Å². The van der Waals surface area contributed by atoms with Gasteiger partial charge in [0.05, 0.1) is 0 Å². The van der Waals surface area contributed by atoms with Crippen molar-refractivity contribution in [3.05, 3.63) is 35.6 Å². The minimum atomic E-state index is -0.169. The Morgan fingerprint density at radius 3 is 2.43 bits per heavy atom. The van der Waals surface area contributed by atoms with Gasteiger partial charge in [0.1, 0.15) is 5.82 Å². The van der Waals surface area contributed by atoms with Gasteiger partial charge in [0.2, 0.25) is 0 Å². The van der Waals surface area contributed by atoms with Crippen LogP contribution in [0.25, 0.3) is 0 Å². The van der Waals surface area contributed by atoms with Gasteiger partial charge in [0, 0.05) is 25.0 Å². The number of halogens is 2. The third-order valence-corrected chi connectivity index (χ3v) is 4.56. The van der Waals surface area contributed by atoms with Gasteiger partial charge in [-0.1, -0.05) is 19.1 Å². The quantitative estimate of drug-likeness (QED) is 0.461. The second kappa shape index (κ2) is 6.50. The average molecular weight is 403 g/mol. The Morgan fingerprint density at radius 1 is 1.33 bits per heavy atom. The molecule has 3 rings (SSSR count). The Labute approximate surface area is 142 Å². The van der Waals surface area contributed by atoms with Gasteiger partial charge >= 0.3 is 0 Å². The summed E-state index contributed by atoms with van der Waals surface area (Å²) in [7, 11) is 1.81. The molecule has 116 valence electrons. The zero-order valence-electron chi connectivity index (χ0n) is 12.5. The molecule has 2 aliphatic carbocycles. The van der Waals surface area contributed by atoms with Crippen LogP contribution in [-0.4, -0.2) is 25.6 Å². The molecule has 5 heteroatoms. The molecule has 2 aliphatic rings. The van der Waals surface area contributed by atoms with Crippen LogP contribution in [0.15, 0.2) is 29.3 Å². The molecule has 2 fully saturated rings. The summed E-state index contributed by atoms with van der Waals surface area (Å²) in [6.07, 6.45) is 3.54. The first-order valence-electron chi connectivity index (χ1n) is 7.36. The van der Waals surface area contributed by atoms with Crippen molar-refractivity contribution in [3.8, 4) is 0 Å². The van der Waals surface area contributed by atoms with Gasteiger partial charge < -0.3 is 10.6 Å². The van der Waals surface area contributed by atoms with Crippen LogP contribution in [0, 0.1) is 11.7 Å². The van der Waals surface area contributed by atoms with E-state index in [1.165, 1.54) is 12.0 Å². The molecule has 0 radical (unpaired) electrons. The fourth-order valence-corrected chi connectivity index (χ4v) is 2.67. The third kappa shape index (κ3) is 3.87.